The molecule has 1 heterocycles. The zero-order chi connectivity index (χ0) is 14.0. The van der Waals surface area contributed by atoms with Crippen LogP contribution in [0, 0.1) is 11.6 Å². The molecule has 2 N–H and O–H groups in total. The van der Waals surface area contributed by atoms with Crippen molar-refractivity contribution in [3.63, 3.8) is 0 Å². The van der Waals surface area contributed by atoms with Crippen LogP contribution in [0.3, 0.4) is 0 Å². The molecule has 2 aromatic rings. The van der Waals surface area contributed by atoms with Gasteiger partial charge in [0.25, 0.3) is 5.91 Å². The summed E-state index contributed by atoms with van der Waals surface area (Å²) in [6.45, 7) is 0. The van der Waals surface area contributed by atoms with Crippen LogP contribution in [-0.4, -0.2) is 17.0 Å². The van der Waals surface area contributed by atoms with Crippen molar-refractivity contribution >= 4 is 28.9 Å². The van der Waals surface area contributed by atoms with Crippen molar-refractivity contribution in [1.29, 1.82) is 0 Å². The second kappa shape index (κ2) is 5.15. The van der Waals surface area contributed by atoms with E-state index >= 15 is 0 Å². The number of hydrogen-bond donors (Lipinski definition) is 2. The number of carboxylic acid groups (broad SMARTS) is 1. The van der Waals surface area contributed by atoms with E-state index < -0.39 is 29.1 Å². The Balaban J connectivity index is 2.36. The van der Waals surface area contributed by atoms with Crippen molar-refractivity contribution in [2.75, 3.05) is 5.32 Å². The quantitative estimate of drug-likeness (QED) is 0.910. The Labute approximate surface area is 110 Å². The molecule has 0 spiro atoms. The number of aromatic carboxylic acids is 1. The third-order valence-electron chi connectivity index (χ3n) is 2.28. The van der Waals surface area contributed by atoms with Crippen LogP contribution in [0.5, 0.6) is 0 Å². The summed E-state index contributed by atoms with van der Waals surface area (Å²) in [5.41, 5.74) is -0.798. The van der Waals surface area contributed by atoms with E-state index in [9.17, 15) is 18.4 Å². The number of rotatable bonds is 3. The van der Waals surface area contributed by atoms with Crippen LogP contribution < -0.4 is 5.32 Å². The normalized spacial score (nSPS) is 10.2. The summed E-state index contributed by atoms with van der Waals surface area (Å²) in [7, 11) is 0. The second-order valence-corrected chi connectivity index (χ2v) is 4.50. The van der Waals surface area contributed by atoms with Gasteiger partial charge < -0.3 is 10.4 Å². The molecule has 0 aliphatic rings. The Morgan fingerprint density at radius 3 is 2.47 bits per heavy atom. The van der Waals surface area contributed by atoms with E-state index in [1.54, 1.807) is 11.4 Å². The molecule has 4 nitrogen and oxygen atoms in total. The fourth-order valence-electron chi connectivity index (χ4n) is 1.42. The number of hydrogen-bond acceptors (Lipinski definition) is 3. The van der Waals surface area contributed by atoms with E-state index in [1.807, 2.05) is 0 Å². The summed E-state index contributed by atoms with van der Waals surface area (Å²) in [5.74, 6) is -4.55. The lowest BCUT2D eigenvalue weighted by Crippen LogP contribution is -2.14. The number of thiophene rings is 1. The monoisotopic (exact) mass is 283 g/mol. The molecule has 7 heteroatoms. The third-order valence-corrected chi connectivity index (χ3v) is 3.15. The van der Waals surface area contributed by atoms with E-state index in [4.69, 9.17) is 5.11 Å². The minimum atomic E-state index is -1.46. The first-order valence-electron chi connectivity index (χ1n) is 5.06. The summed E-state index contributed by atoms with van der Waals surface area (Å²) in [5, 5.41) is 12.8. The maximum Gasteiger partial charge on any atom is 0.337 e. The summed E-state index contributed by atoms with van der Waals surface area (Å²) in [6.07, 6.45) is 0. The summed E-state index contributed by atoms with van der Waals surface area (Å²) >= 11 is 1.14. The Morgan fingerprint density at radius 1 is 1.21 bits per heavy atom. The lowest BCUT2D eigenvalue weighted by atomic mass is 10.1. The standard InChI is InChI=1S/C12H7F2NO3S/c13-7-4-6(12(17)18)9(5-8(7)14)15-11(16)10-2-1-3-19-10/h1-5H,(H,15,16)(H,17,18). The number of carbonyl (C=O) groups excluding carboxylic acids is 1. The fourth-order valence-corrected chi connectivity index (χ4v) is 2.04. The molecule has 19 heavy (non-hydrogen) atoms. The smallest absolute Gasteiger partial charge is 0.337 e. The van der Waals surface area contributed by atoms with Crippen LogP contribution in [0.4, 0.5) is 14.5 Å². The Hall–Kier alpha value is -2.28. The van der Waals surface area contributed by atoms with Gasteiger partial charge in [0.1, 0.15) is 0 Å². The van der Waals surface area contributed by atoms with Crippen LogP contribution in [-0.2, 0) is 0 Å². The van der Waals surface area contributed by atoms with Gasteiger partial charge >= 0.3 is 5.97 Å². The molecule has 0 radical (unpaired) electrons. The molecule has 0 bridgehead atoms. The van der Waals surface area contributed by atoms with Gasteiger partial charge in [0, 0.05) is 6.07 Å². The topological polar surface area (TPSA) is 66.4 Å². The molecule has 1 aromatic heterocycles. The highest BCUT2D eigenvalue weighted by molar-refractivity contribution is 7.12. The highest BCUT2D eigenvalue weighted by atomic mass is 32.1. The van der Waals surface area contributed by atoms with Crippen molar-refractivity contribution in [2.24, 2.45) is 0 Å². The molecule has 0 saturated heterocycles. The van der Waals surface area contributed by atoms with E-state index in [1.165, 1.54) is 6.07 Å². The lowest BCUT2D eigenvalue weighted by Gasteiger charge is -2.08. The number of carbonyl (C=O) groups is 2. The van der Waals surface area contributed by atoms with Gasteiger partial charge in [-0.1, -0.05) is 6.07 Å². The minimum absolute atomic E-state index is 0.287. The first kappa shape index (κ1) is 13.2. The molecule has 0 atom stereocenters. The Morgan fingerprint density at radius 2 is 1.89 bits per heavy atom. The largest absolute Gasteiger partial charge is 0.478 e. The summed E-state index contributed by atoms with van der Waals surface area (Å²) < 4.78 is 26.1. The third kappa shape index (κ3) is 2.76. The number of anilines is 1. The molecule has 0 fully saturated rings. The molecule has 98 valence electrons. The minimum Gasteiger partial charge on any atom is -0.478 e. The van der Waals surface area contributed by atoms with Gasteiger partial charge in [-0.3, -0.25) is 4.79 Å². The van der Waals surface area contributed by atoms with Crippen LogP contribution in [0.1, 0.15) is 20.0 Å². The Kier molecular flexibility index (Phi) is 3.57. The van der Waals surface area contributed by atoms with Crippen LogP contribution >= 0.6 is 11.3 Å². The molecule has 2 rings (SSSR count). The molecule has 0 aliphatic heterocycles. The van der Waals surface area contributed by atoms with E-state index in [0.717, 1.165) is 11.3 Å². The van der Waals surface area contributed by atoms with Crippen LogP contribution in [0.25, 0.3) is 0 Å². The number of carboxylic acids is 1. The highest BCUT2D eigenvalue weighted by Gasteiger charge is 2.17. The highest BCUT2D eigenvalue weighted by Crippen LogP contribution is 2.21. The average molecular weight is 283 g/mol. The predicted octanol–water partition coefficient (Wildman–Crippen LogP) is 2.98. The number of benzene rings is 1. The van der Waals surface area contributed by atoms with Crippen molar-refractivity contribution in [3.8, 4) is 0 Å². The zero-order valence-corrected chi connectivity index (χ0v) is 10.1. The predicted molar refractivity (Wildman–Crippen MR) is 65.6 cm³/mol. The number of nitrogens with one attached hydrogen (secondary N) is 1. The van der Waals surface area contributed by atoms with Gasteiger partial charge in [0.05, 0.1) is 16.1 Å². The molecular weight excluding hydrogens is 276 g/mol. The average Bonchev–Trinajstić information content (AvgIpc) is 2.86. The van der Waals surface area contributed by atoms with Gasteiger partial charge in [0.15, 0.2) is 11.6 Å². The number of amides is 1. The van der Waals surface area contributed by atoms with Gasteiger partial charge in [-0.2, -0.15) is 0 Å². The fraction of sp³-hybridized carbons (Fsp3) is 0. The first-order chi connectivity index (χ1) is 8.99. The molecule has 1 amide bonds. The summed E-state index contributed by atoms with van der Waals surface area (Å²) in [4.78, 5) is 23.0. The van der Waals surface area contributed by atoms with Crippen LogP contribution in [0.2, 0.25) is 0 Å². The number of halogens is 2. The van der Waals surface area contributed by atoms with E-state index in [0.29, 0.717) is 17.0 Å². The van der Waals surface area contributed by atoms with Gasteiger partial charge in [-0.15, -0.1) is 11.3 Å². The maximum atomic E-state index is 13.1. The van der Waals surface area contributed by atoms with Crippen molar-refractivity contribution in [3.05, 3.63) is 51.7 Å². The van der Waals surface area contributed by atoms with Gasteiger partial charge in [-0.05, 0) is 17.5 Å². The van der Waals surface area contributed by atoms with E-state index in [-0.39, 0.29) is 5.69 Å². The second-order valence-electron chi connectivity index (χ2n) is 3.55. The molecule has 0 unspecified atom stereocenters. The van der Waals surface area contributed by atoms with Crippen molar-refractivity contribution in [1.82, 2.24) is 0 Å². The maximum absolute atomic E-state index is 13.1. The van der Waals surface area contributed by atoms with Gasteiger partial charge in [-0.25, -0.2) is 13.6 Å². The SMILES string of the molecule is O=C(Nc1cc(F)c(F)cc1C(=O)O)c1cccs1. The molecule has 1 aromatic carbocycles. The molecule has 0 aliphatic carbocycles. The molecule has 0 saturated carbocycles. The lowest BCUT2D eigenvalue weighted by molar-refractivity contribution is 0.0697. The van der Waals surface area contributed by atoms with Crippen LogP contribution in [0.15, 0.2) is 29.6 Å². The van der Waals surface area contributed by atoms with Gasteiger partial charge in [0.2, 0.25) is 0 Å². The Bertz CT molecular complexity index is 641. The first-order valence-corrected chi connectivity index (χ1v) is 5.94. The van der Waals surface area contributed by atoms with Crippen molar-refractivity contribution in [2.45, 2.75) is 0 Å². The zero-order valence-electron chi connectivity index (χ0n) is 9.31. The van der Waals surface area contributed by atoms with E-state index in [2.05, 4.69) is 5.32 Å². The molecular formula is C12H7F2NO3S. The van der Waals surface area contributed by atoms with Crippen molar-refractivity contribution < 1.29 is 23.5 Å². The summed E-state index contributed by atoms with van der Waals surface area (Å²) in [6, 6.07) is 4.34.